The highest BCUT2D eigenvalue weighted by Crippen LogP contribution is 2.45. The number of nitrogens with zero attached hydrogens (tertiary/aromatic N) is 1. The summed E-state index contributed by atoms with van der Waals surface area (Å²) >= 11 is 3.27. The van der Waals surface area contributed by atoms with E-state index in [0.717, 1.165) is 0 Å². The molecule has 0 aliphatic carbocycles. The number of aromatic amines is 1. The van der Waals surface area contributed by atoms with Crippen molar-refractivity contribution in [3.8, 4) is 22.8 Å². The van der Waals surface area contributed by atoms with Gasteiger partial charge in [-0.25, -0.2) is 4.79 Å². The molecule has 0 saturated heterocycles. The molecule has 7 nitrogen and oxygen atoms in total. The first kappa shape index (κ1) is 12.7. The Hall–Kier alpha value is -2.35. The van der Waals surface area contributed by atoms with Crippen molar-refractivity contribution in [2.45, 2.75) is 0 Å². The lowest BCUT2D eigenvalue weighted by molar-refractivity contribution is 0.0690. The van der Waals surface area contributed by atoms with Crippen LogP contribution in [0, 0.1) is 0 Å². The number of aromatic nitrogens is 2. The van der Waals surface area contributed by atoms with Gasteiger partial charge in [0.2, 0.25) is 6.79 Å². The van der Waals surface area contributed by atoms with Gasteiger partial charge in [0.15, 0.2) is 17.8 Å². The summed E-state index contributed by atoms with van der Waals surface area (Å²) < 4.78 is 11.1. The Morgan fingerprint density at radius 1 is 1.40 bits per heavy atom. The summed E-state index contributed by atoms with van der Waals surface area (Å²) in [7, 11) is 0. The molecule has 20 heavy (non-hydrogen) atoms. The quantitative estimate of drug-likeness (QED) is 0.830. The van der Waals surface area contributed by atoms with Crippen LogP contribution in [0.4, 0.5) is 0 Å². The van der Waals surface area contributed by atoms with Gasteiger partial charge in [-0.15, -0.1) is 0 Å². The van der Waals surface area contributed by atoms with Crippen LogP contribution < -0.4 is 9.47 Å². The smallest absolute Gasteiger partial charge is 0.353 e. The Bertz CT molecular complexity index is 725. The van der Waals surface area contributed by atoms with E-state index in [1.165, 1.54) is 6.07 Å². The number of benzene rings is 1. The number of carboxylic acids is 1. The fraction of sp³-hybridized carbons (Fsp3) is 0.0833. The Morgan fingerprint density at radius 3 is 2.80 bits per heavy atom. The third kappa shape index (κ3) is 1.85. The van der Waals surface area contributed by atoms with Gasteiger partial charge in [0, 0.05) is 10.0 Å². The zero-order valence-corrected chi connectivity index (χ0v) is 11.4. The molecule has 2 heterocycles. The number of carbonyl (C=O) groups excluding carboxylic acids is 1. The summed E-state index contributed by atoms with van der Waals surface area (Å²) in [5, 5.41) is 15.2. The van der Waals surface area contributed by atoms with Gasteiger partial charge in [-0.2, -0.15) is 5.10 Å². The molecule has 2 aromatic rings. The lowest BCUT2D eigenvalue weighted by Gasteiger charge is -2.06. The number of nitrogens with one attached hydrogen (secondary N) is 1. The van der Waals surface area contributed by atoms with E-state index in [9.17, 15) is 9.59 Å². The Balaban J connectivity index is 2.19. The van der Waals surface area contributed by atoms with Crippen LogP contribution in [0.3, 0.4) is 0 Å². The lowest BCUT2D eigenvalue weighted by atomic mass is 10.1. The van der Waals surface area contributed by atoms with Gasteiger partial charge in [0.1, 0.15) is 5.69 Å². The van der Waals surface area contributed by atoms with E-state index in [0.29, 0.717) is 39.1 Å². The van der Waals surface area contributed by atoms with Gasteiger partial charge in [0.25, 0.3) is 0 Å². The third-order valence-electron chi connectivity index (χ3n) is 2.83. The molecule has 1 aromatic heterocycles. The highest BCUT2D eigenvalue weighted by atomic mass is 79.9. The Kier molecular flexibility index (Phi) is 2.94. The van der Waals surface area contributed by atoms with Crippen LogP contribution in [-0.4, -0.2) is 34.4 Å². The molecular formula is C12H7BrN2O5. The minimum absolute atomic E-state index is 0.00413. The van der Waals surface area contributed by atoms with Crippen LogP contribution in [-0.2, 0) is 0 Å². The van der Waals surface area contributed by atoms with Crippen molar-refractivity contribution in [2.24, 2.45) is 0 Å². The van der Waals surface area contributed by atoms with Crippen molar-refractivity contribution < 1.29 is 24.2 Å². The molecule has 0 spiro atoms. The van der Waals surface area contributed by atoms with E-state index in [2.05, 4.69) is 26.1 Å². The molecule has 0 bridgehead atoms. The molecule has 102 valence electrons. The highest BCUT2D eigenvalue weighted by Gasteiger charge is 2.26. The van der Waals surface area contributed by atoms with Crippen molar-refractivity contribution in [2.75, 3.05) is 6.79 Å². The molecule has 0 amide bonds. The van der Waals surface area contributed by atoms with Gasteiger partial charge >= 0.3 is 5.97 Å². The van der Waals surface area contributed by atoms with Crippen molar-refractivity contribution >= 4 is 28.2 Å². The predicted octanol–water partition coefficient (Wildman–Crippen LogP) is 2.08. The number of carboxylic acid groups (broad SMARTS) is 1. The minimum atomic E-state index is -1.11. The number of H-pyrrole nitrogens is 1. The first-order valence-electron chi connectivity index (χ1n) is 5.48. The number of hydrogen-bond donors (Lipinski definition) is 2. The SMILES string of the molecule is O=Cc1c(Br)cc(-c2cc(C(=O)O)[nH]n2)c2c1OCO2. The van der Waals surface area contributed by atoms with Gasteiger partial charge in [-0.05, 0) is 28.1 Å². The maximum atomic E-state index is 11.1. The number of rotatable bonds is 3. The van der Waals surface area contributed by atoms with Crippen LogP contribution in [0.25, 0.3) is 11.3 Å². The van der Waals surface area contributed by atoms with Gasteiger partial charge in [-0.1, -0.05) is 0 Å². The highest BCUT2D eigenvalue weighted by molar-refractivity contribution is 9.10. The van der Waals surface area contributed by atoms with Crippen molar-refractivity contribution in [1.29, 1.82) is 0 Å². The zero-order valence-electron chi connectivity index (χ0n) is 9.84. The number of halogens is 1. The number of aromatic carboxylic acids is 1. The first-order valence-corrected chi connectivity index (χ1v) is 6.27. The van der Waals surface area contributed by atoms with Crippen molar-refractivity contribution in [1.82, 2.24) is 10.2 Å². The molecule has 1 aliphatic rings. The molecule has 0 fully saturated rings. The summed E-state index contributed by atoms with van der Waals surface area (Å²) in [6.07, 6.45) is 0.661. The normalized spacial score (nSPS) is 12.4. The van der Waals surface area contributed by atoms with Crippen LogP contribution in [0.1, 0.15) is 20.8 Å². The van der Waals surface area contributed by atoms with Gasteiger partial charge in [-0.3, -0.25) is 9.89 Å². The Morgan fingerprint density at radius 2 is 2.15 bits per heavy atom. The van der Waals surface area contributed by atoms with E-state index in [4.69, 9.17) is 14.6 Å². The summed E-state index contributed by atoms with van der Waals surface area (Å²) in [5.41, 5.74) is 1.24. The van der Waals surface area contributed by atoms with Crippen molar-refractivity contribution in [3.05, 3.63) is 27.9 Å². The largest absolute Gasteiger partial charge is 0.477 e. The van der Waals surface area contributed by atoms with Gasteiger partial charge < -0.3 is 14.6 Å². The number of aldehydes is 1. The maximum absolute atomic E-state index is 11.1. The topological polar surface area (TPSA) is 102 Å². The molecule has 2 N–H and O–H groups in total. The van der Waals surface area contributed by atoms with E-state index in [-0.39, 0.29) is 12.5 Å². The summed E-state index contributed by atoms with van der Waals surface area (Å²) in [4.78, 5) is 21.9. The fourth-order valence-electron chi connectivity index (χ4n) is 1.93. The summed E-state index contributed by atoms with van der Waals surface area (Å²) in [5.74, 6) is -0.413. The number of ether oxygens (including phenoxy) is 2. The Labute approximate surface area is 120 Å². The molecule has 0 saturated carbocycles. The molecule has 3 rings (SSSR count). The molecule has 1 aliphatic heterocycles. The summed E-state index contributed by atoms with van der Waals surface area (Å²) in [6.45, 7) is -0.00413. The van der Waals surface area contributed by atoms with Crippen LogP contribution in [0.15, 0.2) is 16.6 Å². The van der Waals surface area contributed by atoms with E-state index in [1.54, 1.807) is 6.07 Å². The molecule has 0 atom stereocenters. The maximum Gasteiger partial charge on any atom is 0.353 e. The second kappa shape index (κ2) is 4.64. The average molecular weight is 339 g/mol. The standard InChI is InChI=1S/C12H7BrN2O5/c13-7-1-5(8-2-9(12(17)18)15-14-8)10-11(6(7)3-16)20-4-19-10/h1-3H,4H2,(H,14,15)(H,17,18). The lowest BCUT2D eigenvalue weighted by Crippen LogP contribution is -1.95. The fourth-order valence-corrected chi connectivity index (χ4v) is 2.43. The van der Waals surface area contributed by atoms with Crippen molar-refractivity contribution in [3.63, 3.8) is 0 Å². The van der Waals surface area contributed by atoms with Gasteiger partial charge in [0.05, 0.1) is 11.3 Å². The molecule has 0 radical (unpaired) electrons. The summed E-state index contributed by atoms with van der Waals surface area (Å²) in [6, 6.07) is 3.02. The second-order valence-electron chi connectivity index (χ2n) is 3.97. The monoisotopic (exact) mass is 338 g/mol. The number of fused-ring (bicyclic) bond motifs is 1. The second-order valence-corrected chi connectivity index (χ2v) is 4.83. The van der Waals surface area contributed by atoms with Crippen LogP contribution in [0.2, 0.25) is 0 Å². The third-order valence-corrected chi connectivity index (χ3v) is 3.49. The molecular weight excluding hydrogens is 332 g/mol. The molecule has 0 unspecified atom stereocenters. The van der Waals surface area contributed by atoms with Crippen LogP contribution in [0.5, 0.6) is 11.5 Å². The van der Waals surface area contributed by atoms with E-state index >= 15 is 0 Å². The molecule has 1 aromatic carbocycles. The van der Waals surface area contributed by atoms with E-state index in [1.807, 2.05) is 0 Å². The number of hydrogen-bond acceptors (Lipinski definition) is 5. The van der Waals surface area contributed by atoms with Crippen LogP contribution >= 0.6 is 15.9 Å². The first-order chi connectivity index (χ1) is 9.61. The zero-order chi connectivity index (χ0) is 14.3. The number of carbonyl (C=O) groups is 2. The molecule has 8 heteroatoms. The average Bonchev–Trinajstić information content (AvgIpc) is 3.06. The van der Waals surface area contributed by atoms with E-state index < -0.39 is 5.97 Å². The minimum Gasteiger partial charge on any atom is -0.477 e. The predicted molar refractivity (Wildman–Crippen MR) is 70.2 cm³/mol.